The standard InChI is InChI=1S/C17H16N2/c1-12(2)17-18-10-14(11-19-17)16-9-5-7-13-6-3-4-8-15(13)16/h3-12H,1-2H3. The van der Waals surface area contributed by atoms with Crippen molar-refractivity contribution < 1.29 is 0 Å². The lowest BCUT2D eigenvalue weighted by atomic mass is 10.0. The first-order valence-corrected chi connectivity index (χ1v) is 6.56. The van der Waals surface area contributed by atoms with Gasteiger partial charge in [0.05, 0.1) is 0 Å². The fourth-order valence-electron chi connectivity index (χ4n) is 2.25. The first-order valence-electron chi connectivity index (χ1n) is 6.56. The van der Waals surface area contributed by atoms with Gasteiger partial charge in [-0.2, -0.15) is 0 Å². The molecular weight excluding hydrogens is 232 g/mol. The first-order chi connectivity index (χ1) is 9.25. The summed E-state index contributed by atoms with van der Waals surface area (Å²) in [6.07, 6.45) is 3.84. The molecule has 0 atom stereocenters. The van der Waals surface area contributed by atoms with Crippen molar-refractivity contribution in [1.82, 2.24) is 9.97 Å². The van der Waals surface area contributed by atoms with Gasteiger partial charge in [-0.05, 0) is 16.3 Å². The van der Waals surface area contributed by atoms with Gasteiger partial charge in [0.2, 0.25) is 0 Å². The molecule has 2 nitrogen and oxygen atoms in total. The van der Waals surface area contributed by atoms with Crippen molar-refractivity contribution >= 4 is 10.8 Å². The zero-order valence-corrected chi connectivity index (χ0v) is 11.2. The van der Waals surface area contributed by atoms with Crippen LogP contribution in [0.2, 0.25) is 0 Å². The van der Waals surface area contributed by atoms with Crippen LogP contribution in [-0.2, 0) is 0 Å². The zero-order chi connectivity index (χ0) is 13.2. The van der Waals surface area contributed by atoms with Crippen LogP contribution < -0.4 is 0 Å². The Hall–Kier alpha value is -2.22. The third kappa shape index (κ3) is 2.22. The molecule has 2 heteroatoms. The van der Waals surface area contributed by atoms with Crippen molar-refractivity contribution in [1.29, 1.82) is 0 Å². The van der Waals surface area contributed by atoms with Gasteiger partial charge in [-0.1, -0.05) is 56.3 Å². The maximum atomic E-state index is 4.45. The molecule has 94 valence electrons. The van der Waals surface area contributed by atoms with E-state index in [4.69, 9.17) is 0 Å². The molecule has 0 amide bonds. The highest BCUT2D eigenvalue weighted by Crippen LogP contribution is 2.27. The molecule has 0 spiro atoms. The van der Waals surface area contributed by atoms with Crippen LogP contribution in [0.5, 0.6) is 0 Å². The van der Waals surface area contributed by atoms with Crippen LogP contribution >= 0.6 is 0 Å². The molecule has 2 aromatic carbocycles. The number of nitrogens with zero attached hydrogens (tertiary/aromatic N) is 2. The van der Waals surface area contributed by atoms with Gasteiger partial charge in [0.15, 0.2) is 0 Å². The topological polar surface area (TPSA) is 25.8 Å². The van der Waals surface area contributed by atoms with E-state index in [1.165, 1.54) is 16.3 Å². The van der Waals surface area contributed by atoms with Gasteiger partial charge in [0.25, 0.3) is 0 Å². The molecule has 1 aromatic heterocycles. The molecule has 0 unspecified atom stereocenters. The normalized spacial score (nSPS) is 11.1. The van der Waals surface area contributed by atoms with Crippen LogP contribution in [0.15, 0.2) is 54.9 Å². The molecule has 0 fully saturated rings. The minimum absolute atomic E-state index is 0.363. The lowest BCUT2D eigenvalue weighted by Crippen LogP contribution is -1.96. The SMILES string of the molecule is CC(C)c1ncc(-c2cccc3ccccc23)cn1. The lowest BCUT2D eigenvalue weighted by Gasteiger charge is -2.08. The molecule has 0 radical (unpaired) electrons. The predicted octanol–water partition coefficient (Wildman–Crippen LogP) is 4.42. The number of aromatic nitrogens is 2. The van der Waals surface area contributed by atoms with Crippen LogP contribution in [0.1, 0.15) is 25.6 Å². The summed E-state index contributed by atoms with van der Waals surface area (Å²) in [6, 6.07) is 14.7. The van der Waals surface area contributed by atoms with Crippen molar-refractivity contribution in [2.24, 2.45) is 0 Å². The van der Waals surface area contributed by atoms with Crippen molar-refractivity contribution in [2.75, 3.05) is 0 Å². The van der Waals surface area contributed by atoms with Crippen molar-refractivity contribution in [3.8, 4) is 11.1 Å². The van der Waals surface area contributed by atoms with Gasteiger partial charge in [-0.15, -0.1) is 0 Å². The molecule has 0 N–H and O–H groups in total. The molecule has 19 heavy (non-hydrogen) atoms. The van der Waals surface area contributed by atoms with E-state index in [2.05, 4.69) is 66.3 Å². The average Bonchev–Trinajstić information content (AvgIpc) is 2.47. The van der Waals surface area contributed by atoms with E-state index in [9.17, 15) is 0 Å². The second-order valence-electron chi connectivity index (χ2n) is 5.01. The van der Waals surface area contributed by atoms with E-state index < -0.39 is 0 Å². The molecule has 0 aliphatic heterocycles. The smallest absolute Gasteiger partial charge is 0.130 e. The molecule has 0 aliphatic rings. The van der Waals surface area contributed by atoms with Crippen LogP contribution in [-0.4, -0.2) is 9.97 Å². The summed E-state index contributed by atoms with van der Waals surface area (Å²) in [4.78, 5) is 8.90. The van der Waals surface area contributed by atoms with E-state index in [0.717, 1.165) is 11.4 Å². The van der Waals surface area contributed by atoms with Gasteiger partial charge < -0.3 is 0 Å². The van der Waals surface area contributed by atoms with E-state index in [1.807, 2.05) is 12.4 Å². The van der Waals surface area contributed by atoms with Crippen LogP contribution in [0.4, 0.5) is 0 Å². The number of rotatable bonds is 2. The second-order valence-corrected chi connectivity index (χ2v) is 5.01. The van der Waals surface area contributed by atoms with Crippen LogP contribution in [0, 0.1) is 0 Å². The fraction of sp³-hybridized carbons (Fsp3) is 0.176. The third-order valence-electron chi connectivity index (χ3n) is 3.29. The molecular formula is C17H16N2. The molecule has 1 heterocycles. The summed E-state index contributed by atoms with van der Waals surface area (Å²) in [6.45, 7) is 4.21. The zero-order valence-electron chi connectivity index (χ0n) is 11.2. The van der Waals surface area contributed by atoms with Crippen LogP contribution in [0.25, 0.3) is 21.9 Å². The number of hydrogen-bond donors (Lipinski definition) is 0. The number of fused-ring (bicyclic) bond motifs is 1. The molecule has 0 saturated carbocycles. The highest BCUT2D eigenvalue weighted by Gasteiger charge is 2.06. The summed E-state index contributed by atoms with van der Waals surface area (Å²) >= 11 is 0. The second kappa shape index (κ2) is 4.81. The van der Waals surface area contributed by atoms with E-state index in [-0.39, 0.29) is 0 Å². The molecule has 3 rings (SSSR count). The van der Waals surface area contributed by atoms with Gasteiger partial charge >= 0.3 is 0 Å². The first kappa shape index (κ1) is 11.8. The van der Waals surface area contributed by atoms with Gasteiger partial charge in [0.1, 0.15) is 5.82 Å². The summed E-state index contributed by atoms with van der Waals surface area (Å²) in [5, 5.41) is 2.49. The van der Waals surface area contributed by atoms with Crippen molar-refractivity contribution in [3.63, 3.8) is 0 Å². The third-order valence-corrected chi connectivity index (χ3v) is 3.29. The highest BCUT2D eigenvalue weighted by molar-refractivity contribution is 5.96. The Labute approximate surface area is 113 Å². The van der Waals surface area contributed by atoms with Gasteiger partial charge in [0, 0.05) is 23.9 Å². The Kier molecular flexibility index (Phi) is 3.00. The van der Waals surface area contributed by atoms with Crippen molar-refractivity contribution in [3.05, 3.63) is 60.7 Å². The van der Waals surface area contributed by atoms with E-state index in [0.29, 0.717) is 5.92 Å². The Morgan fingerprint density at radius 2 is 1.53 bits per heavy atom. The predicted molar refractivity (Wildman–Crippen MR) is 79.1 cm³/mol. The number of benzene rings is 2. The van der Waals surface area contributed by atoms with E-state index >= 15 is 0 Å². The Morgan fingerprint density at radius 3 is 2.26 bits per heavy atom. The fourth-order valence-corrected chi connectivity index (χ4v) is 2.25. The number of hydrogen-bond acceptors (Lipinski definition) is 2. The summed E-state index contributed by atoms with van der Waals surface area (Å²) in [5.74, 6) is 1.26. The monoisotopic (exact) mass is 248 g/mol. The quantitative estimate of drug-likeness (QED) is 0.671. The minimum atomic E-state index is 0.363. The Balaban J connectivity index is 2.14. The van der Waals surface area contributed by atoms with Crippen molar-refractivity contribution in [2.45, 2.75) is 19.8 Å². The summed E-state index contributed by atoms with van der Waals surface area (Å²) in [7, 11) is 0. The van der Waals surface area contributed by atoms with Crippen LogP contribution in [0.3, 0.4) is 0 Å². The minimum Gasteiger partial charge on any atom is -0.240 e. The molecule has 3 aromatic rings. The summed E-state index contributed by atoms with van der Waals surface area (Å²) < 4.78 is 0. The summed E-state index contributed by atoms with van der Waals surface area (Å²) in [5.41, 5.74) is 2.26. The lowest BCUT2D eigenvalue weighted by molar-refractivity contribution is 0.775. The largest absolute Gasteiger partial charge is 0.240 e. The molecule has 0 saturated heterocycles. The van der Waals surface area contributed by atoms with E-state index in [1.54, 1.807) is 0 Å². The Morgan fingerprint density at radius 1 is 0.842 bits per heavy atom. The maximum Gasteiger partial charge on any atom is 0.130 e. The Bertz CT molecular complexity index is 695. The van der Waals surface area contributed by atoms with Gasteiger partial charge in [-0.25, -0.2) is 9.97 Å². The highest BCUT2D eigenvalue weighted by atomic mass is 14.9. The molecule has 0 bridgehead atoms. The average molecular weight is 248 g/mol. The maximum absolute atomic E-state index is 4.45. The van der Waals surface area contributed by atoms with Gasteiger partial charge in [-0.3, -0.25) is 0 Å². The molecule has 0 aliphatic carbocycles.